The Balaban J connectivity index is 0.00000314. The SMILES string of the molecule is Cc1ccccc1-c1cn2c3cccnc3c3ccc(Oc4[c-]c5c(cc4)c4cccc6c4n5-c4ncccc4C6(C)C)[c-]c3c2n1.[Pt+2]. The van der Waals surface area contributed by atoms with Crippen LogP contribution in [-0.2, 0) is 26.5 Å². The summed E-state index contributed by atoms with van der Waals surface area (Å²) in [4.78, 5) is 14.8. The fraction of sp³-hybridized carbons (Fsp3) is 0.0976. The Labute approximate surface area is 290 Å². The van der Waals surface area contributed by atoms with Crippen LogP contribution < -0.4 is 4.74 Å². The number of imidazole rings is 1. The minimum absolute atomic E-state index is 0. The van der Waals surface area contributed by atoms with E-state index in [1.54, 1.807) is 0 Å². The van der Waals surface area contributed by atoms with E-state index in [1.165, 1.54) is 27.6 Å². The van der Waals surface area contributed by atoms with Crippen molar-refractivity contribution >= 4 is 49.3 Å². The Bertz CT molecular complexity index is 2780. The summed E-state index contributed by atoms with van der Waals surface area (Å²) >= 11 is 0. The molecule has 232 valence electrons. The first-order valence-corrected chi connectivity index (χ1v) is 15.8. The Hall–Kier alpha value is -5.32. The molecule has 6 nitrogen and oxygen atoms in total. The average Bonchev–Trinajstić information content (AvgIpc) is 3.68. The quantitative estimate of drug-likeness (QED) is 0.132. The molecule has 7 heteroatoms. The molecule has 0 fully saturated rings. The van der Waals surface area contributed by atoms with E-state index in [1.807, 2.05) is 42.7 Å². The number of para-hydroxylation sites is 1. The molecule has 0 N–H and O–H groups in total. The summed E-state index contributed by atoms with van der Waals surface area (Å²) in [5.41, 5.74) is 10.3. The predicted molar refractivity (Wildman–Crippen MR) is 187 cm³/mol. The van der Waals surface area contributed by atoms with Crippen molar-refractivity contribution in [3.63, 3.8) is 0 Å². The maximum absolute atomic E-state index is 6.54. The van der Waals surface area contributed by atoms with Gasteiger partial charge in [-0.3, -0.25) is 9.97 Å². The third kappa shape index (κ3) is 3.93. The Morgan fingerprint density at radius 3 is 2.38 bits per heavy atom. The number of fused-ring (bicyclic) bond motifs is 11. The van der Waals surface area contributed by atoms with E-state index >= 15 is 0 Å². The van der Waals surface area contributed by atoms with Crippen LogP contribution >= 0.6 is 0 Å². The molecule has 1 aliphatic heterocycles. The van der Waals surface area contributed by atoms with E-state index in [9.17, 15) is 0 Å². The average molecular weight is 801 g/mol. The van der Waals surface area contributed by atoms with Gasteiger partial charge in [-0.25, -0.2) is 4.98 Å². The minimum Gasteiger partial charge on any atom is -0.503 e. The van der Waals surface area contributed by atoms with Crippen LogP contribution in [0.4, 0.5) is 0 Å². The van der Waals surface area contributed by atoms with Crippen molar-refractivity contribution in [3.8, 4) is 28.6 Å². The van der Waals surface area contributed by atoms with Gasteiger partial charge in [0.1, 0.15) is 5.82 Å². The van der Waals surface area contributed by atoms with Crippen molar-refractivity contribution in [3.05, 3.63) is 138 Å². The van der Waals surface area contributed by atoms with E-state index in [4.69, 9.17) is 19.7 Å². The van der Waals surface area contributed by atoms with Crippen molar-refractivity contribution in [2.24, 2.45) is 0 Å². The van der Waals surface area contributed by atoms with Crippen LogP contribution in [0.15, 0.2) is 110 Å². The molecular formula is C41H27N5OPt. The second kappa shape index (κ2) is 10.3. The standard InChI is InChI=1S/C41H27N5O.Pt/c1-24-9-4-5-10-27(24)34-23-45-35-14-8-19-42-37(35)29-18-16-25(21-31(29)39(45)44-34)47-26-15-17-28-30-11-6-12-32-38(30)46(36(28)22-26)40-33(41(32,2)3)13-7-20-43-40;/h4-20,23H,1-3H3;/q-2;+2. The normalized spacial score (nSPS) is 13.3. The van der Waals surface area contributed by atoms with Crippen molar-refractivity contribution in [1.82, 2.24) is 23.9 Å². The van der Waals surface area contributed by atoms with Gasteiger partial charge in [-0.2, -0.15) is 6.07 Å². The molecule has 0 saturated carbocycles. The molecule has 5 aromatic heterocycles. The molecule has 0 saturated heterocycles. The fourth-order valence-electron chi connectivity index (χ4n) is 7.51. The maximum Gasteiger partial charge on any atom is 2.00 e. The monoisotopic (exact) mass is 800 g/mol. The number of hydrogen-bond acceptors (Lipinski definition) is 4. The van der Waals surface area contributed by atoms with Gasteiger partial charge in [0.05, 0.1) is 22.4 Å². The van der Waals surface area contributed by atoms with Crippen molar-refractivity contribution in [2.45, 2.75) is 26.2 Å². The Morgan fingerprint density at radius 2 is 1.50 bits per heavy atom. The smallest absolute Gasteiger partial charge is 0.503 e. The molecule has 0 radical (unpaired) electrons. The molecule has 9 aromatic rings. The summed E-state index contributed by atoms with van der Waals surface area (Å²) in [6, 6.07) is 38.4. The third-order valence-corrected chi connectivity index (χ3v) is 9.81. The van der Waals surface area contributed by atoms with Crippen LogP contribution in [0.1, 0.15) is 30.5 Å². The second-order valence-corrected chi connectivity index (χ2v) is 12.8. The number of hydrogen-bond donors (Lipinski definition) is 0. The van der Waals surface area contributed by atoms with Crippen LogP contribution in [0, 0.1) is 19.1 Å². The Kier molecular flexibility index (Phi) is 6.22. The van der Waals surface area contributed by atoms with Gasteiger partial charge in [0, 0.05) is 52.1 Å². The largest absolute Gasteiger partial charge is 2.00 e. The van der Waals surface area contributed by atoms with E-state index < -0.39 is 0 Å². The van der Waals surface area contributed by atoms with Gasteiger partial charge in [0.25, 0.3) is 0 Å². The molecule has 4 aromatic carbocycles. The summed E-state index contributed by atoms with van der Waals surface area (Å²) in [7, 11) is 0. The van der Waals surface area contributed by atoms with Crippen LogP contribution in [0.25, 0.3) is 66.3 Å². The number of aromatic nitrogens is 5. The second-order valence-electron chi connectivity index (χ2n) is 12.8. The topological polar surface area (TPSA) is 57.2 Å². The van der Waals surface area contributed by atoms with Gasteiger partial charge >= 0.3 is 21.1 Å². The summed E-state index contributed by atoms with van der Waals surface area (Å²) in [5, 5.41) is 4.13. The van der Waals surface area contributed by atoms with Gasteiger partial charge in [0.15, 0.2) is 0 Å². The van der Waals surface area contributed by atoms with Gasteiger partial charge in [-0.1, -0.05) is 90.8 Å². The first kappa shape index (κ1) is 28.9. The zero-order valence-electron chi connectivity index (χ0n) is 26.4. The van der Waals surface area contributed by atoms with E-state index in [0.29, 0.717) is 11.5 Å². The number of pyridine rings is 3. The number of nitrogens with zero attached hydrogens (tertiary/aromatic N) is 5. The van der Waals surface area contributed by atoms with Crippen molar-refractivity contribution in [2.75, 3.05) is 0 Å². The van der Waals surface area contributed by atoms with Crippen molar-refractivity contribution < 1.29 is 25.8 Å². The zero-order valence-corrected chi connectivity index (χ0v) is 28.6. The van der Waals surface area contributed by atoms with Gasteiger partial charge in [-0.15, -0.1) is 23.6 Å². The molecule has 6 heterocycles. The maximum atomic E-state index is 6.54. The molecule has 0 spiro atoms. The van der Waals surface area contributed by atoms with Crippen molar-refractivity contribution in [1.29, 1.82) is 0 Å². The molecule has 1 aliphatic rings. The molecule has 0 aliphatic carbocycles. The summed E-state index contributed by atoms with van der Waals surface area (Å²) in [6.07, 6.45) is 5.79. The number of benzene rings is 4. The molecule has 0 amide bonds. The number of ether oxygens (including phenoxy) is 1. The Morgan fingerprint density at radius 1 is 0.729 bits per heavy atom. The fourth-order valence-corrected chi connectivity index (χ4v) is 7.51. The number of rotatable bonds is 3. The van der Waals surface area contributed by atoms with Gasteiger partial charge < -0.3 is 13.7 Å². The van der Waals surface area contributed by atoms with E-state index in [0.717, 1.165) is 55.4 Å². The first-order chi connectivity index (χ1) is 23.0. The summed E-state index contributed by atoms with van der Waals surface area (Å²) in [6.45, 7) is 6.66. The minimum atomic E-state index is -0.177. The molecular weight excluding hydrogens is 774 g/mol. The molecule has 10 rings (SSSR count). The van der Waals surface area contributed by atoms with E-state index in [-0.39, 0.29) is 26.5 Å². The van der Waals surface area contributed by atoms with E-state index in [2.05, 4.69) is 109 Å². The van der Waals surface area contributed by atoms with Gasteiger partial charge in [0.2, 0.25) is 0 Å². The third-order valence-electron chi connectivity index (χ3n) is 9.81. The summed E-state index contributed by atoms with van der Waals surface area (Å²) in [5.74, 6) is 2.13. The molecule has 48 heavy (non-hydrogen) atoms. The molecule has 0 atom stereocenters. The molecule has 0 bridgehead atoms. The predicted octanol–water partition coefficient (Wildman–Crippen LogP) is 9.53. The first-order valence-electron chi connectivity index (χ1n) is 15.8. The summed E-state index contributed by atoms with van der Waals surface area (Å²) < 4.78 is 10.9. The van der Waals surface area contributed by atoms with Gasteiger partial charge in [-0.05, 0) is 41.6 Å². The van der Waals surface area contributed by atoms with Crippen LogP contribution in [-0.4, -0.2) is 23.9 Å². The number of aryl methyl sites for hydroxylation is 1. The van der Waals surface area contributed by atoms with Crippen LogP contribution in [0.2, 0.25) is 0 Å². The molecule has 0 unspecified atom stereocenters. The van der Waals surface area contributed by atoms with Crippen LogP contribution in [0.5, 0.6) is 11.5 Å². The van der Waals surface area contributed by atoms with Crippen LogP contribution in [0.3, 0.4) is 0 Å². The zero-order chi connectivity index (χ0) is 31.4.